The lowest BCUT2D eigenvalue weighted by Gasteiger charge is -2.01. The van der Waals surface area contributed by atoms with Crippen LogP contribution >= 0.6 is 0 Å². The second kappa shape index (κ2) is 4.35. The van der Waals surface area contributed by atoms with Gasteiger partial charge in [-0.05, 0) is 17.5 Å². The highest BCUT2D eigenvalue weighted by Gasteiger charge is 2.19. The van der Waals surface area contributed by atoms with Crippen LogP contribution in [-0.2, 0) is 17.8 Å². The molecule has 0 spiro atoms. The second-order valence-corrected chi connectivity index (χ2v) is 4.69. The number of primary amides is 1. The lowest BCUT2D eigenvalue weighted by atomic mass is 10.0. The van der Waals surface area contributed by atoms with E-state index in [0.717, 1.165) is 28.7 Å². The summed E-state index contributed by atoms with van der Waals surface area (Å²) in [5.74, 6) is -0.208. The molecule has 5 heteroatoms. The van der Waals surface area contributed by atoms with Crippen molar-refractivity contribution in [2.45, 2.75) is 19.4 Å². The minimum Gasteiger partial charge on any atom is -0.368 e. The molecule has 0 bridgehead atoms. The third-order valence-corrected chi connectivity index (χ3v) is 3.31. The summed E-state index contributed by atoms with van der Waals surface area (Å²) < 4.78 is 1.51. The number of benzene rings is 1. The molecule has 0 aliphatic heterocycles. The van der Waals surface area contributed by atoms with Crippen LogP contribution in [0.25, 0.3) is 11.1 Å². The molecule has 5 nitrogen and oxygen atoms in total. The van der Waals surface area contributed by atoms with E-state index in [2.05, 4.69) is 5.10 Å². The van der Waals surface area contributed by atoms with E-state index in [1.807, 2.05) is 18.2 Å². The van der Waals surface area contributed by atoms with Crippen LogP contribution in [0.4, 0.5) is 0 Å². The molecule has 19 heavy (non-hydrogen) atoms. The number of nitrogens with two attached hydrogens (primary N) is 1. The average Bonchev–Trinajstić information content (AvgIpc) is 2.96. The molecule has 1 aromatic heterocycles. The Morgan fingerprint density at radius 3 is 2.95 bits per heavy atom. The maximum atomic E-state index is 11.6. The number of hydrogen-bond acceptors (Lipinski definition) is 3. The lowest BCUT2D eigenvalue weighted by molar-refractivity contribution is -0.118. The molecule has 0 radical (unpaired) electrons. The van der Waals surface area contributed by atoms with Gasteiger partial charge in [0.05, 0.1) is 6.20 Å². The molecule has 0 fully saturated rings. The monoisotopic (exact) mass is 255 g/mol. The topological polar surface area (TPSA) is 78.0 Å². The molecule has 1 heterocycles. The molecular formula is C14H13N3O2. The van der Waals surface area contributed by atoms with Crippen molar-refractivity contribution in [1.82, 2.24) is 9.78 Å². The first-order valence-electron chi connectivity index (χ1n) is 6.11. The standard InChI is InChI=1S/C14H13N3O2/c15-14(19)8-17-7-11(6-16-17)9-1-3-12-10(5-9)2-4-13(12)18/h1,3,5-7H,2,4,8H2,(H2,15,19). The maximum Gasteiger partial charge on any atom is 0.239 e. The van der Waals surface area contributed by atoms with Crippen molar-refractivity contribution < 1.29 is 9.59 Å². The third kappa shape index (κ3) is 2.14. The van der Waals surface area contributed by atoms with Crippen molar-refractivity contribution in [2.75, 3.05) is 0 Å². The number of fused-ring (bicyclic) bond motifs is 1. The average molecular weight is 255 g/mol. The normalized spacial score (nSPS) is 13.6. The molecule has 0 atom stereocenters. The molecule has 0 saturated heterocycles. The van der Waals surface area contributed by atoms with Crippen LogP contribution < -0.4 is 5.73 Å². The summed E-state index contributed by atoms with van der Waals surface area (Å²) in [4.78, 5) is 22.4. The van der Waals surface area contributed by atoms with Gasteiger partial charge in [-0.2, -0.15) is 5.10 Å². The van der Waals surface area contributed by atoms with Gasteiger partial charge in [0.15, 0.2) is 5.78 Å². The van der Waals surface area contributed by atoms with Gasteiger partial charge in [0.1, 0.15) is 6.54 Å². The van der Waals surface area contributed by atoms with Crippen LogP contribution in [-0.4, -0.2) is 21.5 Å². The van der Waals surface area contributed by atoms with Crippen LogP contribution in [0.5, 0.6) is 0 Å². The molecule has 96 valence electrons. The van der Waals surface area contributed by atoms with Crippen molar-refractivity contribution in [2.24, 2.45) is 5.73 Å². The minimum atomic E-state index is -0.422. The van der Waals surface area contributed by atoms with E-state index >= 15 is 0 Å². The van der Waals surface area contributed by atoms with Crippen LogP contribution in [0.3, 0.4) is 0 Å². The molecule has 2 aromatic rings. The van der Waals surface area contributed by atoms with Gasteiger partial charge in [-0.1, -0.05) is 18.2 Å². The van der Waals surface area contributed by atoms with Crippen molar-refractivity contribution in [3.63, 3.8) is 0 Å². The van der Waals surface area contributed by atoms with Gasteiger partial charge in [-0.3, -0.25) is 14.3 Å². The number of carbonyl (C=O) groups excluding carboxylic acids is 2. The first-order chi connectivity index (χ1) is 9.13. The number of hydrogen-bond donors (Lipinski definition) is 1. The number of aromatic nitrogens is 2. The van der Waals surface area contributed by atoms with Crippen molar-refractivity contribution in [3.8, 4) is 11.1 Å². The number of Topliss-reactive ketones (excluding diaryl/α,β-unsaturated/α-hetero) is 1. The van der Waals surface area contributed by atoms with E-state index in [1.54, 1.807) is 12.4 Å². The Morgan fingerprint density at radius 2 is 2.16 bits per heavy atom. The predicted octanol–water partition coefficient (Wildman–Crippen LogP) is 1.16. The van der Waals surface area contributed by atoms with E-state index < -0.39 is 5.91 Å². The molecule has 2 N–H and O–H groups in total. The maximum absolute atomic E-state index is 11.6. The Bertz CT molecular complexity index is 673. The summed E-state index contributed by atoms with van der Waals surface area (Å²) in [6.45, 7) is 0.0728. The summed E-state index contributed by atoms with van der Waals surface area (Å²) in [5.41, 5.74) is 8.96. The Morgan fingerprint density at radius 1 is 1.32 bits per heavy atom. The van der Waals surface area contributed by atoms with Crippen LogP contribution in [0.2, 0.25) is 0 Å². The Hall–Kier alpha value is -2.43. The van der Waals surface area contributed by atoms with Gasteiger partial charge in [0.2, 0.25) is 5.91 Å². The Balaban J connectivity index is 1.92. The Labute approximate surface area is 110 Å². The van der Waals surface area contributed by atoms with E-state index in [1.165, 1.54) is 4.68 Å². The summed E-state index contributed by atoms with van der Waals surface area (Å²) in [5, 5.41) is 4.09. The quantitative estimate of drug-likeness (QED) is 0.894. The fourth-order valence-electron chi connectivity index (χ4n) is 2.39. The second-order valence-electron chi connectivity index (χ2n) is 4.69. The molecule has 0 saturated carbocycles. The van der Waals surface area contributed by atoms with E-state index in [-0.39, 0.29) is 12.3 Å². The van der Waals surface area contributed by atoms with Crippen molar-refractivity contribution >= 4 is 11.7 Å². The first-order valence-corrected chi connectivity index (χ1v) is 6.11. The van der Waals surface area contributed by atoms with Gasteiger partial charge >= 0.3 is 0 Å². The number of aryl methyl sites for hydroxylation is 1. The first kappa shape index (κ1) is 11.6. The number of ketones is 1. The third-order valence-electron chi connectivity index (χ3n) is 3.31. The van der Waals surface area contributed by atoms with Crippen molar-refractivity contribution in [3.05, 3.63) is 41.7 Å². The number of rotatable bonds is 3. The van der Waals surface area contributed by atoms with Gasteiger partial charge in [-0.25, -0.2) is 0 Å². The minimum absolute atomic E-state index is 0.0728. The fraction of sp³-hybridized carbons (Fsp3) is 0.214. The summed E-state index contributed by atoms with van der Waals surface area (Å²) in [6, 6.07) is 5.80. The highest BCUT2D eigenvalue weighted by molar-refractivity contribution is 6.00. The Kier molecular flexibility index (Phi) is 2.67. The van der Waals surface area contributed by atoms with E-state index in [4.69, 9.17) is 5.73 Å². The zero-order valence-electron chi connectivity index (χ0n) is 10.3. The highest BCUT2D eigenvalue weighted by Crippen LogP contribution is 2.27. The zero-order valence-corrected chi connectivity index (χ0v) is 10.3. The van der Waals surface area contributed by atoms with Gasteiger partial charge < -0.3 is 5.73 Å². The fourth-order valence-corrected chi connectivity index (χ4v) is 2.39. The number of amides is 1. The molecule has 0 unspecified atom stereocenters. The van der Waals surface area contributed by atoms with E-state index in [0.29, 0.717) is 6.42 Å². The largest absolute Gasteiger partial charge is 0.368 e. The zero-order chi connectivity index (χ0) is 13.4. The van der Waals surface area contributed by atoms with Gasteiger partial charge in [0, 0.05) is 23.7 Å². The smallest absolute Gasteiger partial charge is 0.239 e. The summed E-state index contributed by atoms with van der Waals surface area (Å²) in [7, 11) is 0. The SMILES string of the molecule is NC(=O)Cn1cc(-c2ccc3c(c2)CCC3=O)cn1. The van der Waals surface area contributed by atoms with Gasteiger partial charge in [-0.15, -0.1) is 0 Å². The summed E-state index contributed by atoms with van der Waals surface area (Å²) >= 11 is 0. The number of carbonyl (C=O) groups is 2. The van der Waals surface area contributed by atoms with Crippen LogP contribution in [0, 0.1) is 0 Å². The molecule has 1 aliphatic rings. The molecule has 1 aromatic carbocycles. The van der Waals surface area contributed by atoms with Crippen molar-refractivity contribution in [1.29, 1.82) is 0 Å². The molecule has 3 rings (SSSR count). The van der Waals surface area contributed by atoms with E-state index in [9.17, 15) is 9.59 Å². The van der Waals surface area contributed by atoms with Crippen LogP contribution in [0.15, 0.2) is 30.6 Å². The summed E-state index contributed by atoms with van der Waals surface area (Å²) in [6.07, 6.45) is 4.88. The molecule has 1 aliphatic carbocycles. The number of nitrogens with zero attached hydrogens (tertiary/aromatic N) is 2. The van der Waals surface area contributed by atoms with Crippen LogP contribution in [0.1, 0.15) is 22.3 Å². The van der Waals surface area contributed by atoms with Gasteiger partial charge in [0.25, 0.3) is 0 Å². The molecule has 1 amide bonds. The highest BCUT2D eigenvalue weighted by atomic mass is 16.1. The predicted molar refractivity (Wildman–Crippen MR) is 69.5 cm³/mol. The lowest BCUT2D eigenvalue weighted by Crippen LogP contribution is -2.18. The molecular weight excluding hydrogens is 242 g/mol.